The first-order valence-corrected chi connectivity index (χ1v) is 14.5. The van der Waals surface area contributed by atoms with Crippen molar-refractivity contribution in [2.75, 3.05) is 0 Å². The van der Waals surface area contributed by atoms with Crippen molar-refractivity contribution in [3.8, 4) is 0 Å². The SMILES string of the molecule is Cc1cc(C)c(N=Cc2ccc(C=N[Si](c3ccccc3)(c3ccccc3)c3ccccc3)[nH]2)c(C)c1. The maximum atomic E-state index is 5.44. The van der Waals surface area contributed by atoms with Crippen molar-refractivity contribution in [1.82, 2.24) is 4.98 Å². The molecule has 0 saturated heterocycles. The fraction of sp³-hybridized carbons (Fsp3) is 0.0909. The zero-order valence-electron chi connectivity index (χ0n) is 21.5. The lowest BCUT2D eigenvalue weighted by Gasteiger charge is -2.29. The van der Waals surface area contributed by atoms with Crippen molar-refractivity contribution >= 4 is 41.9 Å². The van der Waals surface area contributed by atoms with E-state index in [1.807, 2.05) is 12.4 Å². The second-order valence-corrected chi connectivity index (χ2v) is 12.9. The molecule has 0 amide bonds. The van der Waals surface area contributed by atoms with Gasteiger partial charge in [0.2, 0.25) is 0 Å². The van der Waals surface area contributed by atoms with Crippen LogP contribution in [0, 0.1) is 20.8 Å². The molecule has 0 fully saturated rings. The number of aromatic amines is 1. The number of hydrogen-bond donors (Lipinski definition) is 1. The molecule has 1 heterocycles. The highest BCUT2D eigenvalue weighted by Crippen LogP contribution is 2.24. The minimum absolute atomic E-state index is 0.951. The lowest BCUT2D eigenvalue weighted by atomic mass is 10.1. The Bertz CT molecular complexity index is 1420. The van der Waals surface area contributed by atoms with Gasteiger partial charge in [0.05, 0.1) is 23.3 Å². The van der Waals surface area contributed by atoms with Gasteiger partial charge in [0, 0.05) is 6.21 Å². The summed E-state index contributed by atoms with van der Waals surface area (Å²) < 4.78 is 5.44. The summed E-state index contributed by atoms with van der Waals surface area (Å²) in [4.78, 5) is 8.27. The molecular formula is C33H31N3Si. The maximum absolute atomic E-state index is 5.44. The molecule has 5 aromatic rings. The van der Waals surface area contributed by atoms with Crippen LogP contribution in [0.3, 0.4) is 0 Å². The van der Waals surface area contributed by atoms with E-state index in [4.69, 9.17) is 9.65 Å². The number of aryl methyl sites for hydroxylation is 3. The van der Waals surface area contributed by atoms with E-state index in [0.717, 1.165) is 17.1 Å². The van der Waals surface area contributed by atoms with Crippen LogP contribution in [0.1, 0.15) is 28.1 Å². The first kappa shape index (κ1) is 24.4. The quantitative estimate of drug-likeness (QED) is 0.168. The molecule has 0 unspecified atom stereocenters. The first-order chi connectivity index (χ1) is 18.1. The third-order valence-electron chi connectivity index (χ3n) is 6.67. The molecule has 182 valence electrons. The predicted molar refractivity (Wildman–Crippen MR) is 160 cm³/mol. The average molecular weight is 498 g/mol. The average Bonchev–Trinajstić information content (AvgIpc) is 3.38. The number of nitrogens with one attached hydrogen (secondary N) is 1. The molecule has 4 aromatic carbocycles. The van der Waals surface area contributed by atoms with Crippen molar-refractivity contribution < 1.29 is 0 Å². The Hall–Kier alpha value is -4.28. The van der Waals surface area contributed by atoms with E-state index in [0.29, 0.717) is 0 Å². The van der Waals surface area contributed by atoms with Gasteiger partial charge in [-0.15, -0.1) is 0 Å². The lowest BCUT2D eigenvalue weighted by Crippen LogP contribution is -2.66. The van der Waals surface area contributed by atoms with Crippen molar-refractivity contribution in [3.63, 3.8) is 0 Å². The van der Waals surface area contributed by atoms with Gasteiger partial charge in [-0.05, 0) is 59.6 Å². The molecule has 0 aliphatic rings. The normalized spacial score (nSPS) is 12.0. The van der Waals surface area contributed by atoms with E-state index in [2.05, 4.69) is 141 Å². The van der Waals surface area contributed by atoms with Gasteiger partial charge in [-0.2, -0.15) is 0 Å². The largest absolute Gasteiger partial charge is 0.353 e. The standard InChI is InChI=1S/C33H31N3Si/c1-25-21-26(2)33(27(3)22-25)34-23-28-19-20-29(36-28)24-35-37(30-13-7-4-8-14-30,31-15-9-5-10-16-31)32-17-11-6-12-18-32/h4-24,36H,1-3H3. The summed E-state index contributed by atoms with van der Waals surface area (Å²) in [5, 5.41) is 3.76. The Balaban J connectivity index is 1.55. The monoisotopic (exact) mass is 497 g/mol. The molecule has 0 aliphatic heterocycles. The van der Waals surface area contributed by atoms with Gasteiger partial charge < -0.3 is 9.64 Å². The molecule has 0 atom stereocenters. The third kappa shape index (κ3) is 5.15. The molecule has 0 saturated carbocycles. The van der Waals surface area contributed by atoms with Crippen LogP contribution in [0.2, 0.25) is 0 Å². The van der Waals surface area contributed by atoms with Crippen LogP contribution >= 0.6 is 0 Å². The molecule has 37 heavy (non-hydrogen) atoms. The van der Waals surface area contributed by atoms with Gasteiger partial charge in [0.15, 0.2) is 0 Å². The van der Waals surface area contributed by atoms with Crippen LogP contribution in [-0.2, 0) is 0 Å². The molecule has 0 bridgehead atoms. The summed E-state index contributed by atoms with van der Waals surface area (Å²) in [5.41, 5.74) is 6.57. The van der Waals surface area contributed by atoms with Crippen LogP contribution in [0.25, 0.3) is 0 Å². The number of benzene rings is 4. The highest BCUT2D eigenvalue weighted by Gasteiger charge is 2.39. The van der Waals surface area contributed by atoms with Crippen LogP contribution < -0.4 is 15.6 Å². The van der Waals surface area contributed by atoms with E-state index < -0.39 is 8.24 Å². The number of aliphatic imine (C=N–C) groups is 1. The highest BCUT2D eigenvalue weighted by atomic mass is 28.3. The molecule has 3 nitrogen and oxygen atoms in total. The van der Waals surface area contributed by atoms with E-state index >= 15 is 0 Å². The van der Waals surface area contributed by atoms with Gasteiger partial charge in [-0.1, -0.05) is 109 Å². The fourth-order valence-electron chi connectivity index (χ4n) is 5.02. The van der Waals surface area contributed by atoms with Gasteiger partial charge >= 0.3 is 0 Å². The van der Waals surface area contributed by atoms with E-state index in [1.165, 1.54) is 32.3 Å². The Morgan fingerprint density at radius 2 is 1.00 bits per heavy atom. The van der Waals surface area contributed by atoms with Crippen molar-refractivity contribution in [2.24, 2.45) is 9.65 Å². The highest BCUT2D eigenvalue weighted by molar-refractivity contribution is 7.10. The number of H-pyrrole nitrogens is 1. The molecule has 4 heteroatoms. The summed E-state index contributed by atoms with van der Waals surface area (Å²) in [6.07, 6.45) is 3.90. The number of aromatic nitrogens is 1. The summed E-state index contributed by atoms with van der Waals surface area (Å²) in [5.74, 6) is 0. The molecule has 0 spiro atoms. The molecule has 1 aromatic heterocycles. The van der Waals surface area contributed by atoms with E-state index in [-0.39, 0.29) is 0 Å². The topological polar surface area (TPSA) is 40.5 Å². The molecule has 5 rings (SSSR count). The zero-order valence-corrected chi connectivity index (χ0v) is 22.5. The van der Waals surface area contributed by atoms with Crippen LogP contribution in [-0.4, -0.2) is 25.6 Å². The van der Waals surface area contributed by atoms with Gasteiger partial charge in [0.25, 0.3) is 8.24 Å². The molecule has 0 aliphatic carbocycles. The van der Waals surface area contributed by atoms with E-state index in [1.54, 1.807) is 0 Å². The summed E-state index contributed by atoms with van der Waals surface area (Å²) in [6.45, 7) is 6.34. The molecule has 0 radical (unpaired) electrons. The fourth-order valence-corrected chi connectivity index (χ4v) is 8.82. The number of rotatable bonds is 7. The van der Waals surface area contributed by atoms with Gasteiger partial charge in [-0.25, -0.2) is 0 Å². The molecule has 1 N–H and O–H groups in total. The smallest absolute Gasteiger partial charge is 0.273 e. The van der Waals surface area contributed by atoms with Crippen molar-refractivity contribution in [1.29, 1.82) is 0 Å². The minimum Gasteiger partial charge on any atom is -0.353 e. The molecular weight excluding hydrogens is 466 g/mol. The first-order valence-electron chi connectivity index (χ1n) is 12.6. The van der Waals surface area contributed by atoms with E-state index in [9.17, 15) is 0 Å². The second-order valence-electron chi connectivity index (χ2n) is 9.44. The van der Waals surface area contributed by atoms with Crippen LogP contribution in [0.15, 0.2) is 125 Å². The lowest BCUT2D eigenvalue weighted by molar-refractivity contribution is 1.28. The van der Waals surface area contributed by atoms with Crippen LogP contribution in [0.5, 0.6) is 0 Å². The summed E-state index contributed by atoms with van der Waals surface area (Å²) in [6, 6.07) is 40.6. The Kier molecular flexibility index (Phi) is 7.11. The zero-order chi connectivity index (χ0) is 25.7. The second kappa shape index (κ2) is 10.8. The van der Waals surface area contributed by atoms with Crippen LogP contribution in [0.4, 0.5) is 5.69 Å². The van der Waals surface area contributed by atoms with Gasteiger partial charge in [0.1, 0.15) is 0 Å². The van der Waals surface area contributed by atoms with Crippen molar-refractivity contribution in [3.05, 3.63) is 143 Å². The minimum atomic E-state index is -2.67. The predicted octanol–water partition coefficient (Wildman–Crippen LogP) is 5.78. The number of hydrogen-bond acceptors (Lipinski definition) is 2. The summed E-state index contributed by atoms with van der Waals surface area (Å²) in [7, 11) is -2.67. The Morgan fingerprint density at radius 3 is 1.46 bits per heavy atom. The third-order valence-corrected chi connectivity index (χ3v) is 10.7. The Morgan fingerprint density at radius 1 is 0.568 bits per heavy atom. The summed E-state index contributed by atoms with van der Waals surface area (Å²) >= 11 is 0. The number of nitrogens with zero attached hydrogens (tertiary/aromatic N) is 2. The van der Waals surface area contributed by atoms with Crippen molar-refractivity contribution in [2.45, 2.75) is 20.8 Å². The van der Waals surface area contributed by atoms with Gasteiger partial charge in [-0.3, -0.25) is 4.99 Å². The maximum Gasteiger partial charge on any atom is 0.273 e. The Labute approximate surface area is 220 Å².